The number of aliphatic carboxylic acids is 1. The minimum absolute atomic E-state index is 0.196. The first-order valence-corrected chi connectivity index (χ1v) is 4.93. The third kappa shape index (κ3) is 2.09. The molecule has 0 fully saturated rings. The van der Waals surface area contributed by atoms with Gasteiger partial charge in [0, 0.05) is 0 Å². The summed E-state index contributed by atoms with van der Waals surface area (Å²) < 4.78 is 10.3. The fraction of sp³-hybridized carbons (Fsp3) is 0.364. The fourth-order valence-electron chi connectivity index (χ4n) is 1.58. The lowest BCUT2D eigenvalue weighted by Gasteiger charge is -2.09. The Morgan fingerprint density at radius 2 is 2.12 bits per heavy atom. The maximum atomic E-state index is 10.8. The van der Waals surface area contributed by atoms with Gasteiger partial charge in [-0.2, -0.15) is 0 Å². The van der Waals surface area contributed by atoms with E-state index in [9.17, 15) is 4.79 Å². The topological polar surface area (TPSA) is 76.0 Å². The van der Waals surface area contributed by atoms with Gasteiger partial charge in [0.15, 0.2) is 11.5 Å². The summed E-state index contributed by atoms with van der Waals surface area (Å²) in [6.07, 6.45) is 0.280. The molecule has 0 radical (unpaired) electrons. The zero-order valence-corrected chi connectivity index (χ0v) is 8.55. The molecule has 0 unspecified atom stereocenters. The zero-order chi connectivity index (χ0) is 11.5. The Balaban J connectivity index is 2.13. The summed E-state index contributed by atoms with van der Waals surface area (Å²) in [5.74, 6) is -0.486. The summed E-state index contributed by atoms with van der Waals surface area (Å²) in [5.41, 5.74) is 0.811. The second-order valence-electron chi connectivity index (χ2n) is 3.61. The summed E-state index contributed by atoms with van der Waals surface area (Å²) in [7, 11) is 0. The molecule has 1 aliphatic heterocycles. The van der Waals surface area contributed by atoms with Gasteiger partial charge in [-0.15, -0.1) is 0 Å². The second-order valence-corrected chi connectivity index (χ2v) is 3.61. The van der Waals surface area contributed by atoms with Crippen molar-refractivity contribution in [3.8, 4) is 11.5 Å². The quantitative estimate of drug-likeness (QED) is 0.785. The van der Waals surface area contributed by atoms with Crippen LogP contribution in [0.25, 0.3) is 0 Å². The number of carboxylic acid groups (broad SMARTS) is 1. The van der Waals surface area contributed by atoms with Gasteiger partial charge in [-0.05, 0) is 24.1 Å². The number of carbonyl (C=O) groups is 1. The van der Waals surface area contributed by atoms with Gasteiger partial charge in [-0.25, -0.2) is 0 Å². The SMILES string of the molecule is O=C(O)[C@@H](CO)Cc1ccc2c(c1)OCO2. The molecule has 0 bridgehead atoms. The van der Waals surface area contributed by atoms with E-state index in [2.05, 4.69) is 0 Å². The standard InChI is InChI=1S/C11H12O5/c12-5-8(11(13)14)3-7-1-2-9-10(4-7)16-6-15-9/h1-2,4,8,12H,3,5-6H2,(H,13,14)/t8-/m1/s1. The maximum Gasteiger partial charge on any atom is 0.309 e. The Labute approximate surface area is 92.2 Å². The highest BCUT2D eigenvalue weighted by molar-refractivity contribution is 5.70. The number of hydrogen-bond acceptors (Lipinski definition) is 4. The number of fused-ring (bicyclic) bond motifs is 1. The smallest absolute Gasteiger partial charge is 0.309 e. The highest BCUT2D eigenvalue weighted by atomic mass is 16.7. The Bertz CT molecular complexity index is 401. The lowest BCUT2D eigenvalue weighted by Crippen LogP contribution is -2.20. The average molecular weight is 224 g/mol. The molecule has 1 aromatic carbocycles. The number of hydrogen-bond donors (Lipinski definition) is 2. The van der Waals surface area contributed by atoms with E-state index in [1.165, 1.54) is 0 Å². The average Bonchev–Trinajstić information content (AvgIpc) is 2.72. The summed E-state index contributed by atoms with van der Waals surface area (Å²) >= 11 is 0. The van der Waals surface area contributed by atoms with Crippen LogP contribution in [-0.2, 0) is 11.2 Å². The van der Waals surface area contributed by atoms with Gasteiger partial charge in [-0.1, -0.05) is 6.07 Å². The third-order valence-electron chi connectivity index (χ3n) is 2.49. The number of carboxylic acids is 1. The Kier molecular flexibility index (Phi) is 2.96. The van der Waals surface area contributed by atoms with Crippen LogP contribution in [0, 0.1) is 5.92 Å². The molecule has 0 saturated carbocycles. The van der Waals surface area contributed by atoms with Crippen molar-refractivity contribution in [2.45, 2.75) is 6.42 Å². The minimum Gasteiger partial charge on any atom is -0.481 e. The number of aliphatic hydroxyl groups is 1. The summed E-state index contributed by atoms with van der Waals surface area (Å²) in [4.78, 5) is 10.8. The van der Waals surface area contributed by atoms with Crippen LogP contribution in [0.2, 0.25) is 0 Å². The molecule has 0 saturated heterocycles. The number of ether oxygens (including phenoxy) is 2. The lowest BCUT2D eigenvalue weighted by atomic mass is 10.00. The molecule has 0 amide bonds. The van der Waals surface area contributed by atoms with E-state index in [0.717, 1.165) is 5.56 Å². The van der Waals surface area contributed by atoms with E-state index in [0.29, 0.717) is 11.5 Å². The molecule has 2 N–H and O–H groups in total. The van der Waals surface area contributed by atoms with Gasteiger partial charge < -0.3 is 19.7 Å². The summed E-state index contributed by atoms with van der Waals surface area (Å²) in [5, 5.41) is 17.7. The fourth-order valence-corrected chi connectivity index (χ4v) is 1.58. The molecule has 1 atom stereocenters. The molecule has 0 aromatic heterocycles. The van der Waals surface area contributed by atoms with E-state index in [4.69, 9.17) is 19.7 Å². The van der Waals surface area contributed by atoms with Crippen LogP contribution < -0.4 is 9.47 Å². The predicted molar refractivity (Wildman–Crippen MR) is 54.5 cm³/mol. The maximum absolute atomic E-state index is 10.8. The van der Waals surface area contributed by atoms with Crippen LogP contribution >= 0.6 is 0 Å². The normalized spacial score (nSPS) is 14.8. The van der Waals surface area contributed by atoms with Crippen LogP contribution in [0.3, 0.4) is 0 Å². The van der Waals surface area contributed by atoms with Gasteiger partial charge >= 0.3 is 5.97 Å². The van der Waals surface area contributed by atoms with Crippen LogP contribution in [0.4, 0.5) is 0 Å². The molecule has 0 spiro atoms. The monoisotopic (exact) mass is 224 g/mol. The molecular weight excluding hydrogens is 212 g/mol. The van der Waals surface area contributed by atoms with Crippen LogP contribution in [-0.4, -0.2) is 29.6 Å². The Morgan fingerprint density at radius 3 is 2.81 bits per heavy atom. The highest BCUT2D eigenvalue weighted by Crippen LogP contribution is 2.33. The minimum atomic E-state index is -1.000. The first kappa shape index (κ1) is 10.8. The molecule has 1 heterocycles. The largest absolute Gasteiger partial charge is 0.481 e. The number of rotatable bonds is 4. The highest BCUT2D eigenvalue weighted by Gasteiger charge is 2.19. The predicted octanol–water partition coefficient (Wildman–Crippen LogP) is 0.651. The van der Waals surface area contributed by atoms with Crippen LogP contribution in [0.1, 0.15) is 5.56 Å². The van der Waals surface area contributed by atoms with Crippen molar-refractivity contribution in [2.24, 2.45) is 5.92 Å². The zero-order valence-electron chi connectivity index (χ0n) is 8.55. The molecule has 1 aromatic rings. The molecule has 2 rings (SSSR count). The van der Waals surface area contributed by atoms with Gasteiger partial charge in [0.1, 0.15) is 0 Å². The summed E-state index contributed by atoms with van der Waals surface area (Å²) in [6.45, 7) is -0.176. The van der Waals surface area contributed by atoms with Crippen molar-refractivity contribution in [1.29, 1.82) is 0 Å². The van der Waals surface area contributed by atoms with Crippen LogP contribution in [0.5, 0.6) is 11.5 Å². The van der Waals surface area contributed by atoms with Gasteiger partial charge in [0.2, 0.25) is 6.79 Å². The Hall–Kier alpha value is -1.75. The van der Waals surface area contributed by atoms with Gasteiger partial charge in [-0.3, -0.25) is 4.79 Å². The first-order valence-electron chi connectivity index (χ1n) is 4.93. The van der Waals surface area contributed by atoms with E-state index in [1.807, 2.05) is 0 Å². The molecule has 1 aliphatic rings. The molecular formula is C11H12O5. The van der Waals surface area contributed by atoms with Crippen molar-refractivity contribution in [2.75, 3.05) is 13.4 Å². The van der Waals surface area contributed by atoms with Crippen molar-refractivity contribution in [3.63, 3.8) is 0 Å². The Morgan fingerprint density at radius 1 is 1.38 bits per heavy atom. The van der Waals surface area contributed by atoms with Crippen molar-refractivity contribution in [3.05, 3.63) is 23.8 Å². The van der Waals surface area contributed by atoms with Crippen LogP contribution in [0.15, 0.2) is 18.2 Å². The van der Waals surface area contributed by atoms with E-state index in [-0.39, 0.29) is 19.8 Å². The van der Waals surface area contributed by atoms with E-state index in [1.54, 1.807) is 18.2 Å². The summed E-state index contributed by atoms with van der Waals surface area (Å²) in [6, 6.07) is 5.26. The van der Waals surface area contributed by atoms with Gasteiger partial charge in [0.25, 0.3) is 0 Å². The van der Waals surface area contributed by atoms with E-state index < -0.39 is 11.9 Å². The third-order valence-corrected chi connectivity index (χ3v) is 2.49. The molecule has 5 nitrogen and oxygen atoms in total. The molecule has 86 valence electrons. The lowest BCUT2D eigenvalue weighted by molar-refractivity contribution is -0.143. The van der Waals surface area contributed by atoms with Crippen molar-refractivity contribution < 1.29 is 24.5 Å². The van der Waals surface area contributed by atoms with Crippen molar-refractivity contribution in [1.82, 2.24) is 0 Å². The van der Waals surface area contributed by atoms with Crippen molar-refractivity contribution >= 4 is 5.97 Å². The van der Waals surface area contributed by atoms with E-state index >= 15 is 0 Å². The molecule has 0 aliphatic carbocycles. The second kappa shape index (κ2) is 4.40. The molecule has 5 heteroatoms. The molecule has 16 heavy (non-hydrogen) atoms. The first-order chi connectivity index (χ1) is 7.70. The van der Waals surface area contributed by atoms with Gasteiger partial charge in [0.05, 0.1) is 12.5 Å². The number of benzene rings is 1. The number of aliphatic hydroxyl groups excluding tert-OH is 1.